The molecule has 11 heteroatoms. The van der Waals surface area contributed by atoms with Gasteiger partial charge in [0, 0.05) is 9.75 Å². The van der Waals surface area contributed by atoms with Gasteiger partial charge in [-0.1, -0.05) is 18.2 Å². The number of benzene rings is 1. The monoisotopic (exact) mass is 527 g/mol. The predicted octanol–water partition coefficient (Wildman–Crippen LogP) is 4.11. The van der Waals surface area contributed by atoms with Crippen molar-refractivity contribution in [2.75, 3.05) is 6.79 Å². The summed E-state index contributed by atoms with van der Waals surface area (Å²) in [6, 6.07) is 11.5. The largest absolute Gasteiger partial charge is 0.481 e. The summed E-state index contributed by atoms with van der Waals surface area (Å²) in [5.74, 6) is -0.140. The summed E-state index contributed by atoms with van der Waals surface area (Å²) in [7, 11) is 0. The van der Waals surface area contributed by atoms with Crippen LogP contribution in [0.5, 0.6) is 11.5 Å². The maximum atomic E-state index is 13.6. The molecule has 2 aromatic heterocycles. The Morgan fingerprint density at radius 1 is 1.00 bits per heavy atom. The summed E-state index contributed by atoms with van der Waals surface area (Å²) in [5, 5.41) is 19.0. The second-order valence-corrected chi connectivity index (χ2v) is 10.8. The second kappa shape index (κ2) is 10.2. The maximum absolute atomic E-state index is 13.6. The van der Waals surface area contributed by atoms with Gasteiger partial charge in [0.1, 0.15) is 5.54 Å². The molecule has 188 valence electrons. The number of rotatable bonds is 10. The fraction of sp³-hybridized carbons (Fsp3) is 0.320. The fourth-order valence-corrected chi connectivity index (χ4v) is 5.61. The van der Waals surface area contributed by atoms with Gasteiger partial charge in [-0.2, -0.15) is 0 Å². The zero-order valence-corrected chi connectivity index (χ0v) is 20.9. The Hall–Kier alpha value is -3.57. The number of nitrogens with zero attached hydrogens (tertiary/aromatic N) is 1. The lowest BCUT2D eigenvalue weighted by atomic mass is 10.0. The minimum Gasteiger partial charge on any atom is -0.481 e. The van der Waals surface area contributed by atoms with Gasteiger partial charge in [0.15, 0.2) is 11.5 Å². The van der Waals surface area contributed by atoms with Crippen molar-refractivity contribution in [3.05, 3.63) is 68.5 Å². The Kier molecular flexibility index (Phi) is 6.84. The molecule has 3 amide bonds. The summed E-state index contributed by atoms with van der Waals surface area (Å²) < 4.78 is 10.7. The minimum atomic E-state index is -1.06. The average Bonchev–Trinajstić information content (AvgIpc) is 3.30. The number of nitrogens with one attached hydrogen (secondary N) is 2. The van der Waals surface area contributed by atoms with Gasteiger partial charge in [0.25, 0.3) is 0 Å². The van der Waals surface area contributed by atoms with Crippen LogP contribution in [0.25, 0.3) is 0 Å². The molecule has 9 nitrogen and oxygen atoms in total. The molecule has 1 aliphatic carbocycles. The number of carboxylic acid groups (broad SMARTS) is 1. The van der Waals surface area contributed by atoms with Crippen molar-refractivity contribution in [2.24, 2.45) is 0 Å². The summed E-state index contributed by atoms with van der Waals surface area (Å²) in [6.07, 6.45) is 0.730. The molecule has 0 bridgehead atoms. The van der Waals surface area contributed by atoms with E-state index in [0.717, 1.165) is 9.75 Å². The molecule has 1 saturated carbocycles. The first-order chi connectivity index (χ1) is 17.4. The zero-order chi connectivity index (χ0) is 25.1. The van der Waals surface area contributed by atoms with Crippen molar-refractivity contribution in [1.29, 1.82) is 0 Å². The molecule has 5 rings (SSSR count). The van der Waals surface area contributed by atoms with Crippen molar-refractivity contribution in [2.45, 2.75) is 43.9 Å². The molecule has 0 unspecified atom stereocenters. The first-order valence-electron chi connectivity index (χ1n) is 11.5. The highest BCUT2D eigenvalue weighted by atomic mass is 32.1. The normalized spacial score (nSPS) is 15.7. The van der Waals surface area contributed by atoms with E-state index in [1.807, 2.05) is 35.0 Å². The van der Waals surface area contributed by atoms with Crippen molar-refractivity contribution in [1.82, 2.24) is 15.5 Å². The van der Waals surface area contributed by atoms with E-state index in [1.165, 1.54) is 0 Å². The van der Waals surface area contributed by atoms with Gasteiger partial charge in [-0.3, -0.25) is 9.59 Å². The highest BCUT2D eigenvalue weighted by Crippen LogP contribution is 2.39. The van der Waals surface area contributed by atoms with E-state index in [0.29, 0.717) is 43.0 Å². The van der Waals surface area contributed by atoms with Crippen LogP contribution in [-0.2, 0) is 22.7 Å². The summed E-state index contributed by atoms with van der Waals surface area (Å²) in [5.41, 5.74) is -0.425. The third-order valence-electron chi connectivity index (χ3n) is 6.14. The third kappa shape index (κ3) is 5.47. The Morgan fingerprint density at radius 3 is 2.25 bits per heavy atom. The maximum Gasteiger partial charge on any atom is 0.316 e. The van der Waals surface area contributed by atoms with Crippen molar-refractivity contribution >= 4 is 40.6 Å². The number of hydrogen-bond donors (Lipinski definition) is 3. The molecular weight excluding hydrogens is 502 g/mol. The number of ether oxygens (including phenoxy) is 2. The van der Waals surface area contributed by atoms with Gasteiger partial charge >= 0.3 is 12.0 Å². The van der Waals surface area contributed by atoms with Crippen LogP contribution in [0.2, 0.25) is 0 Å². The lowest BCUT2D eigenvalue weighted by Crippen LogP contribution is -2.53. The van der Waals surface area contributed by atoms with Crippen LogP contribution in [0.4, 0.5) is 4.79 Å². The van der Waals surface area contributed by atoms with E-state index in [2.05, 4.69) is 10.6 Å². The first kappa shape index (κ1) is 24.1. The number of thiophene rings is 2. The molecule has 0 saturated heterocycles. The molecule has 2 aliphatic rings. The Bertz CT molecular complexity index is 1200. The Morgan fingerprint density at radius 2 is 1.67 bits per heavy atom. The molecule has 3 aromatic rings. The molecule has 0 spiro atoms. The third-order valence-corrected chi connectivity index (χ3v) is 7.86. The summed E-state index contributed by atoms with van der Waals surface area (Å²) in [4.78, 5) is 42.1. The SMILES string of the molecule is O=C(O)C[C@H](NC(=O)NC1(C(=O)N(Cc2cccs2)Cc2cccs2)CC1)c1ccc2c(c1)OCO2. The minimum absolute atomic E-state index is 0.0916. The van der Waals surface area contributed by atoms with E-state index >= 15 is 0 Å². The van der Waals surface area contributed by atoms with Crippen LogP contribution >= 0.6 is 22.7 Å². The number of carbonyl (C=O) groups is 3. The van der Waals surface area contributed by atoms with Crippen molar-refractivity contribution < 1.29 is 29.0 Å². The van der Waals surface area contributed by atoms with E-state index in [-0.39, 0.29) is 19.1 Å². The Balaban J connectivity index is 1.29. The topological polar surface area (TPSA) is 117 Å². The van der Waals surface area contributed by atoms with Crippen LogP contribution in [0.3, 0.4) is 0 Å². The standard InChI is InChI=1S/C25H25N3O6S2/c29-22(30)12-19(16-5-6-20-21(11-16)34-15-33-20)26-24(32)27-25(7-8-25)23(31)28(13-17-3-1-9-35-17)14-18-4-2-10-36-18/h1-6,9-11,19H,7-8,12-15H2,(H,29,30)(H2,26,27,32)/t19-/m0/s1. The summed E-state index contributed by atoms with van der Waals surface area (Å²) in [6.45, 7) is 1.00. The van der Waals surface area contributed by atoms with Crippen LogP contribution in [0.15, 0.2) is 53.2 Å². The lowest BCUT2D eigenvalue weighted by molar-refractivity contribution is -0.138. The Labute approximate surface area is 215 Å². The van der Waals surface area contributed by atoms with Gasteiger partial charge in [-0.05, 0) is 53.4 Å². The van der Waals surface area contributed by atoms with E-state index in [4.69, 9.17) is 9.47 Å². The van der Waals surface area contributed by atoms with Crippen LogP contribution in [0.1, 0.15) is 40.6 Å². The van der Waals surface area contributed by atoms with Gasteiger partial charge in [0.05, 0.1) is 25.6 Å². The van der Waals surface area contributed by atoms with Gasteiger partial charge in [-0.25, -0.2) is 4.79 Å². The molecule has 1 fully saturated rings. The molecular formula is C25H25N3O6S2. The quantitative estimate of drug-likeness (QED) is 0.365. The van der Waals surface area contributed by atoms with Crippen LogP contribution < -0.4 is 20.1 Å². The average molecular weight is 528 g/mol. The number of carboxylic acids is 1. The molecule has 1 atom stereocenters. The number of fused-ring (bicyclic) bond motifs is 1. The van der Waals surface area contributed by atoms with E-state index in [1.54, 1.807) is 45.8 Å². The predicted molar refractivity (Wildman–Crippen MR) is 134 cm³/mol. The highest BCUT2D eigenvalue weighted by Gasteiger charge is 2.53. The van der Waals surface area contributed by atoms with Crippen molar-refractivity contribution in [3.63, 3.8) is 0 Å². The van der Waals surface area contributed by atoms with Gasteiger partial charge in [0.2, 0.25) is 12.7 Å². The molecule has 3 heterocycles. The van der Waals surface area contributed by atoms with Gasteiger partial charge in [-0.15, -0.1) is 22.7 Å². The van der Waals surface area contributed by atoms with Gasteiger partial charge < -0.3 is 30.1 Å². The molecule has 3 N–H and O–H groups in total. The second-order valence-electron chi connectivity index (χ2n) is 8.76. The number of hydrogen-bond acceptors (Lipinski definition) is 7. The van der Waals surface area contributed by atoms with E-state index < -0.39 is 23.6 Å². The van der Waals surface area contributed by atoms with Crippen LogP contribution in [0, 0.1) is 0 Å². The number of carbonyl (C=O) groups excluding carboxylic acids is 2. The van der Waals surface area contributed by atoms with Crippen LogP contribution in [-0.4, -0.2) is 40.2 Å². The molecule has 0 radical (unpaired) electrons. The lowest BCUT2D eigenvalue weighted by Gasteiger charge is -2.28. The zero-order valence-electron chi connectivity index (χ0n) is 19.3. The summed E-state index contributed by atoms with van der Waals surface area (Å²) >= 11 is 3.16. The van der Waals surface area contributed by atoms with E-state index in [9.17, 15) is 19.5 Å². The highest BCUT2D eigenvalue weighted by molar-refractivity contribution is 7.10. The molecule has 1 aliphatic heterocycles. The number of urea groups is 1. The fourth-order valence-electron chi connectivity index (χ4n) is 4.17. The molecule has 36 heavy (non-hydrogen) atoms. The first-order valence-corrected chi connectivity index (χ1v) is 13.2. The van der Waals surface area contributed by atoms with Crippen molar-refractivity contribution in [3.8, 4) is 11.5 Å². The smallest absolute Gasteiger partial charge is 0.316 e. The number of amides is 3. The number of aliphatic carboxylic acids is 1. The molecule has 1 aromatic carbocycles.